The Hall–Kier alpha value is -4.77. The Labute approximate surface area is 314 Å². The quantitative estimate of drug-likeness (QED) is 0.231. The zero-order valence-corrected chi connectivity index (χ0v) is 31.9. The third-order valence-electron chi connectivity index (χ3n) is 8.43. The van der Waals surface area contributed by atoms with Gasteiger partial charge in [0.25, 0.3) is 5.56 Å². The molecule has 0 unspecified atom stereocenters. The van der Waals surface area contributed by atoms with E-state index < -0.39 is 45.2 Å². The fourth-order valence-corrected chi connectivity index (χ4v) is 8.09. The summed E-state index contributed by atoms with van der Waals surface area (Å²) in [5.74, 6) is -0.379. The summed E-state index contributed by atoms with van der Waals surface area (Å²) in [6.07, 6.45) is -1.62. The average molecular weight is 788 g/mol. The molecule has 0 spiro atoms. The molecule has 1 aliphatic heterocycles. The van der Waals surface area contributed by atoms with Gasteiger partial charge in [-0.25, -0.2) is 8.42 Å². The SMILES string of the molecule is COc1cc(/C=c2\s/c(=C\C(=O)C(C)(C)C)n(CC(=O)Nc3ccc(C)c(S(=O)(=O)N4CCOCC4)c3)c2=O)ccc1OCc1cccc(C(F)(F)F)c1. The van der Waals surface area contributed by atoms with Gasteiger partial charge in [0.1, 0.15) is 17.8 Å². The smallest absolute Gasteiger partial charge is 0.416 e. The van der Waals surface area contributed by atoms with Crippen molar-refractivity contribution in [3.63, 3.8) is 0 Å². The van der Waals surface area contributed by atoms with Crippen LogP contribution in [0.25, 0.3) is 12.2 Å². The second-order valence-electron chi connectivity index (χ2n) is 13.5. The second-order valence-corrected chi connectivity index (χ2v) is 16.5. The number of ketones is 1. The molecule has 1 saturated heterocycles. The number of rotatable bonds is 11. The maximum absolute atomic E-state index is 13.8. The number of benzene rings is 3. The molecule has 54 heavy (non-hydrogen) atoms. The topological polar surface area (TPSA) is 133 Å². The third-order valence-corrected chi connectivity index (χ3v) is 11.5. The summed E-state index contributed by atoms with van der Waals surface area (Å²) < 4.78 is 85.7. The maximum Gasteiger partial charge on any atom is 0.416 e. The van der Waals surface area contributed by atoms with Crippen LogP contribution < -0.4 is 29.5 Å². The van der Waals surface area contributed by atoms with Crippen molar-refractivity contribution >= 4 is 50.9 Å². The maximum atomic E-state index is 13.8. The molecule has 288 valence electrons. The van der Waals surface area contributed by atoms with E-state index in [0.717, 1.165) is 23.5 Å². The highest BCUT2D eigenvalue weighted by Gasteiger charge is 2.31. The van der Waals surface area contributed by atoms with E-state index in [1.165, 1.54) is 40.3 Å². The van der Waals surface area contributed by atoms with E-state index in [4.69, 9.17) is 14.2 Å². The van der Waals surface area contributed by atoms with Crippen LogP contribution in [0, 0.1) is 12.3 Å². The number of nitrogens with one attached hydrogen (secondary N) is 1. The van der Waals surface area contributed by atoms with E-state index in [9.17, 15) is 36.0 Å². The molecule has 0 bridgehead atoms. The summed E-state index contributed by atoms with van der Waals surface area (Å²) in [4.78, 5) is 40.3. The van der Waals surface area contributed by atoms with Crippen molar-refractivity contribution < 1.29 is 45.4 Å². The highest BCUT2D eigenvalue weighted by atomic mass is 32.2. The summed E-state index contributed by atoms with van der Waals surface area (Å²) in [6, 6.07) is 14.1. The van der Waals surface area contributed by atoms with E-state index in [0.29, 0.717) is 16.7 Å². The van der Waals surface area contributed by atoms with Gasteiger partial charge in [0.05, 0.1) is 35.3 Å². The van der Waals surface area contributed by atoms with Gasteiger partial charge in [-0.3, -0.25) is 19.0 Å². The van der Waals surface area contributed by atoms with Gasteiger partial charge in [0, 0.05) is 30.3 Å². The van der Waals surface area contributed by atoms with Gasteiger partial charge in [-0.05, 0) is 66.1 Å². The summed E-state index contributed by atoms with van der Waals surface area (Å²) in [5, 5.41) is 2.69. The predicted molar refractivity (Wildman–Crippen MR) is 198 cm³/mol. The molecule has 2 heterocycles. The molecule has 0 atom stereocenters. The normalized spacial score (nSPS) is 15.0. The van der Waals surface area contributed by atoms with Gasteiger partial charge in [0.2, 0.25) is 15.9 Å². The lowest BCUT2D eigenvalue weighted by molar-refractivity contribution is -0.137. The Morgan fingerprint density at radius 3 is 2.39 bits per heavy atom. The average Bonchev–Trinajstić information content (AvgIpc) is 3.40. The lowest BCUT2D eigenvalue weighted by Gasteiger charge is -2.26. The number of anilines is 1. The van der Waals surface area contributed by atoms with Crippen molar-refractivity contribution in [2.24, 2.45) is 5.41 Å². The zero-order valence-electron chi connectivity index (χ0n) is 30.3. The zero-order chi connectivity index (χ0) is 39.4. The number of morpholine rings is 1. The van der Waals surface area contributed by atoms with Crippen LogP contribution in [0.15, 0.2) is 70.4 Å². The number of halogens is 3. The molecule has 0 saturated carbocycles. The number of amides is 1. The van der Waals surface area contributed by atoms with Crippen LogP contribution in [-0.4, -0.2) is 62.4 Å². The lowest BCUT2D eigenvalue weighted by Crippen LogP contribution is -2.40. The van der Waals surface area contributed by atoms with Gasteiger partial charge in [-0.2, -0.15) is 17.5 Å². The van der Waals surface area contributed by atoms with Crippen molar-refractivity contribution in [1.82, 2.24) is 8.87 Å². The van der Waals surface area contributed by atoms with E-state index in [-0.39, 0.29) is 70.0 Å². The van der Waals surface area contributed by atoms with Gasteiger partial charge < -0.3 is 19.5 Å². The largest absolute Gasteiger partial charge is 0.493 e. The molecular formula is C38H40F3N3O8S2. The number of thiazole rings is 1. The van der Waals surface area contributed by atoms with Crippen LogP contribution in [0.5, 0.6) is 11.5 Å². The molecule has 1 aromatic heterocycles. The number of carbonyl (C=O) groups is 2. The predicted octanol–water partition coefficient (Wildman–Crippen LogP) is 4.71. The number of sulfonamides is 1. The number of Topliss-reactive ketones (excluding diaryl/α,β-unsaturated/α-hetero) is 1. The standard InChI is InChI=1S/C38H40F3N3O8S2/c1-24-9-11-28(20-32(24)54(48,49)43-13-15-51-16-14-43)42-34(46)22-44-35(21-33(45)37(2,3)4)53-31(36(44)47)19-25-10-12-29(30(18-25)50-5)52-23-26-7-6-8-27(17-26)38(39,40)41/h6-12,17-21H,13-16,22-23H2,1-5H3,(H,42,46)/b31-19-,35-21-. The number of hydrogen-bond donors (Lipinski definition) is 1. The van der Waals surface area contributed by atoms with Crippen LogP contribution in [0.3, 0.4) is 0 Å². The molecule has 3 aromatic carbocycles. The Balaban J connectivity index is 1.43. The van der Waals surface area contributed by atoms with Crippen molar-refractivity contribution in [2.45, 2.75) is 51.9 Å². The molecule has 5 rings (SSSR count). The highest BCUT2D eigenvalue weighted by molar-refractivity contribution is 7.89. The van der Waals surface area contributed by atoms with Crippen molar-refractivity contribution in [3.8, 4) is 11.5 Å². The molecule has 11 nitrogen and oxygen atoms in total. The molecule has 1 amide bonds. The number of ether oxygens (including phenoxy) is 3. The third kappa shape index (κ3) is 9.66. The van der Waals surface area contributed by atoms with Crippen molar-refractivity contribution in [2.75, 3.05) is 38.7 Å². The monoisotopic (exact) mass is 787 g/mol. The summed E-state index contributed by atoms with van der Waals surface area (Å²) in [6.45, 7) is 7.18. The Bertz CT molecular complexity index is 2340. The summed E-state index contributed by atoms with van der Waals surface area (Å²) >= 11 is 1.01. The molecule has 16 heteroatoms. The second kappa shape index (κ2) is 16.3. The number of carbonyl (C=O) groups excluding carboxylic acids is 2. The molecule has 1 N–H and O–H groups in total. The molecule has 0 aliphatic carbocycles. The van der Waals surface area contributed by atoms with E-state index in [1.807, 2.05) is 0 Å². The minimum atomic E-state index is -4.49. The minimum absolute atomic E-state index is 0.0408. The minimum Gasteiger partial charge on any atom is -0.493 e. The number of alkyl halides is 3. The Kier molecular flexibility index (Phi) is 12.2. The number of aromatic nitrogens is 1. The molecule has 4 aromatic rings. The molecule has 1 aliphatic rings. The number of hydrogen-bond acceptors (Lipinski definition) is 9. The number of aryl methyl sites for hydroxylation is 1. The van der Waals surface area contributed by atoms with Crippen LogP contribution in [0.1, 0.15) is 43.0 Å². The van der Waals surface area contributed by atoms with Crippen molar-refractivity contribution in [1.29, 1.82) is 0 Å². The van der Waals surface area contributed by atoms with Gasteiger partial charge in [-0.15, -0.1) is 11.3 Å². The highest BCUT2D eigenvalue weighted by Crippen LogP contribution is 2.32. The Morgan fingerprint density at radius 2 is 1.72 bits per heavy atom. The van der Waals surface area contributed by atoms with Gasteiger partial charge in [-0.1, -0.05) is 45.0 Å². The Morgan fingerprint density at radius 1 is 1.00 bits per heavy atom. The number of methoxy groups -OCH3 is 1. The molecule has 1 fully saturated rings. The first-order valence-corrected chi connectivity index (χ1v) is 19.1. The first-order chi connectivity index (χ1) is 25.4. The van der Waals surface area contributed by atoms with Gasteiger partial charge in [0.15, 0.2) is 17.3 Å². The summed E-state index contributed by atoms with van der Waals surface area (Å²) in [5.41, 5.74) is -0.593. The first-order valence-electron chi connectivity index (χ1n) is 16.8. The summed E-state index contributed by atoms with van der Waals surface area (Å²) in [7, 11) is -2.46. The molecule has 0 radical (unpaired) electrons. The van der Waals surface area contributed by atoms with Crippen molar-refractivity contribution in [3.05, 3.63) is 102 Å². The lowest BCUT2D eigenvalue weighted by atomic mass is 9.91. The van der Waals surface area contributed by atoms with E-state index in [1.54, 1.807) is 64.1 Å². The van der Waals surface area contributed by atoms with Crippen LogP contribution in [-0.2, 0) is 43.7 Å². The van der Waals surface area contributed by atoms with E-state index >= 15 is 0 Å². The molecular weight excluding hydrogens is 748 g/mol. The number of nitrogens with zero attached hydrogens (tertiary/aromatic N) is 2. The van der Waals surface area contributed by atoms with Crippen LogP contribution >= 0.6 is 11.3 Å². The van der Waals surface area contributed by atoms with E-state index in [2.05, 4.69) is 5.32 Å². The van der Waals surface area contributed by atoms with Crippen LogP contribution in [0.4, 0.5) is 18.9 Å². The van der Waals surface area contributed by atoms with Crippen LogP contribution in [0.2, 0.25) is 0 Å². The fourth-order valence-electron chi connectivity index (χ4n) is 5.39. The first kappa shape index (κ1) is 40.4. The fraction of sp³-hybridized carbons (Fsp3) is 0.342. The van der Waals surface area contributed by atoms with Gasteiger partial charge >= 0.3 is 6.18 Å².